The van der Waals surface area contributed by atoms with Crippen LogP contribution in [0.4, 0.5) is 13.2 Å². The van der Waals surface area contributed by atoms with Crippen molar-refractivity contribution in [1.82, 2.24) is 4.90 Å². The van der Waals surface area contributed by atoms with Crippen LogP contribution in [0.5, 0.6) is 0 Å². The fourth-order valence-corrected chi connectivity index (χ4v) is 3.29. The van der Waals surface area contributed by atoms with Crippen LogP contribution in [0.3, 0.4) is 0 Å². The van der Waals surface area contributed by atoms with Crippen LogP contribution in [0.15, 0.2) is 30.3 Å². The van der Waals surface area contributed by atoms with Crippen molar-refractivity contribution in [3.05, 3.63) is 35.9 Å². The van der Waals surface area contributed by atoms with Crippen LogP contribution in [0.25, 0.3) is 0 Å². The SMILES string of the molecule is CN(C)C(O[Si](C)(C)C)(c1ccccc1)C(F)(F)F. The summed E-state index contributed by atoms with van der Waals surface area (Å²) in [6.07, 6.45) is -4.52. The lowest BCUT2D eigenvalue weighted by Crippen LogP contribution is -2.59. The van der Waals surface area contributed by atoms with E-state index in [-0.39, 0.29) is 5.56 Å². The van der Waals surface area contributed by atoms with Gasteiger partial charge in [0.25, 0.3) is 0 Å². The molecule has 6 heteroatoms. The fourth-order valence-electron chi connectivity index (χ4n) is 1.99. The predicted octanol–water partition coefficient (Wildman–Crippen LogP) is 3.81. The van der Waals surface area contributed by atoms with Gasteiger partial charge in [0.15, 0.2) is 8.32 Å². The van der Waals surface area contributed by atoms with E-state index in [1.807, 2.05) is 0 Å². The average molecular weight is 291 g/mol. The van der Waals surface area contributed by atoms with Gasteiger partial charge in [-0.3, -0.25) is 4.90 Å². The zero-order chi connectivity index (χ0) is 14.9. The zero-order valence-electron chi connectivity index (χ0n) is 11.9. The van der Waals surface area contributed by atoms with Crippen LogP contribution >= 0.6 is 0 Å². The molecule has 0 radical (unpaired) electrons. The largest absolute Gasteiger partial charge is 0.435 e. The summed E-state index contributed by atoms with van der Waals surface area (Å²) in [6, 6.07) is 7.77. The third-order valence-electron chi connectivity index (χ3n) is 2.63. The van der Waals surface area contributed by atoms with Gasteiger partial charge in [-0.05, 0) is 33.7 Å². The Hall–Kier alpha value is -0.853. The van der Waals surface area contributed by atoms with E-state index in [4.69, 9.17) is 4.43 Å². The number of alkyl halides is 3. The second-order valence-electron chi connectivity index (χ2n) is 5.62. The number of hydrogen-bond donors (Lipinski definition) is 0. The summed E-state index contributed by atoms with van der Waals surface area (Å²) in [7, 11) is 0.369. The van der Waals surface area contributed by atoms with Crippen molar-refractivity contribution in [2.45, 2.75) is 31.5 Å². The predicted molar refractivity (Wildman–Crippen MR) is 72.3 cm³/mol. The molecule has 0 amide bonds. The van der Waals surface area contributed by atoms with Gasteiger partial charge in [0.05, 0.1) is 0 Å². The third-order valence-corrected chi connectivity index (χ3v) is 3.54. The van der Waals surface area contributed by atoms with Gasteiger partial charge >= 0.3 is 6.18 Å². The first-order chi connectivity index (χ1) is 8.51. The summed E-state index contributed by atoms with van der Waals surface area (Å²) >= 11 is 0. The molecule has 0 spiro atoms. The van der Waals surface area contributed by atoms with Crippen LogP contribution in [-0.2, 0) is 10.2 Å². The minimum atomic E-state index is -4.52. The Morgan fingerprint density at radius 2 is 1.47 bits per heavy atom. The van der Waals surface area contributed by atoms with Gasteiger partial charge in [-0.25, -0.2) is 0 Å². The van der Waals surface area contributed by atoms with Crippen LogP contribution in [0.1, 0.15) is 5.56 Å². The topological polar surface area (TPSA) is 12.5 Å². The van der Waals surface area contributed by atoms with Gasteiger partial charge in [0.2, 0.25) is 5.72 Å². The van der Waals surface area contributed by atoms with Gasteiger partial charge < -0.3 is 4.43 Å². The van der Waals surface area contributed by atoms with Crippen molar-refractivity contribution in [3.63, 3.8) is 0 Å². The molecular formula is C13H20F3NOSi. The molecular weight excluding hydrogens is 271 g/mol. The highest BCUT2D eigenvalue weighted by Crippen LogP contribution is 2.45. The molecule has 0 N–H and O–H groups in total. The van der Waals surface area contributed by atoms with E-state index in [2.05, 4.69) is 0 Å². The molecule has 0 saturated heterocycles. The molecule has 0 saturated carbocycles. The zero-order valence-corrected chi connectivity index (χ0v) is 12.9. The van der Waals surface area contributed by atoms with Crippen LogP contribution in [0, 0.1) is 0 Å². The van der Waals surface area contributed by atoms with Gasteiger partial charge in [-0.2, -0.15) is 13.2 Å². The standard InChI is InChI=1S/C13H20F3NOSi/c1-17(2)12(13(14,15)16,18-19(3,4)5)11-9-7-6-8-10-11/h6-10H,1-5H3. The summed E-state index contributed by atoms with van der Waals surface area (Å²) in [5, 5.41) is 0. The van der Waals surface area contributed by atoms with E-state index in [0.29, 0.717) is 0 Å². The summed E-state index contributed by atoms with van der Waals surface area (Å²) in [6.45, 7) is 5.25. The van der Waals surface area contributed by atoms with Crippen molar-refractivity contribution in [2.75, 3.05) is 14.1 Å². The normalized spacial score (nSPS) is 16.5. The van der Waals surface area contributed by atoms with Crippen molar-refractivity contribution in [1.29, 1.82) is 0 Å². The first-order valence-corrected chi connectivity index (χ1v) is 9.41. The Bertz CT molecular complexity index is 414. The molecule has 0 aliphatic carbocycles. The third kappa shape index (κ3) is 3.37. The minimum Gasteiger partial charge on any atom is -0.389 e. The molecule has 1 rings (SSSR count). The molecule has 108 valence electrons. The van der Waals surface area contributed by atoms with Crippen LogP contribution < -0.4 is 0 Å². The Balaban J connectivity index is 3.46. The molecule has 1 aromatic carbocycles. The summed E-state index contributed by atoms with van der Waals surface area (Å²) in [5.41, 5.74) is -2.28. The quantitative estimate of drug-likeness (QED) is 0.618. The Labute approximate surface area is 113 Å². The molecule has 0 bridgehead atoms. The monoisotopic (exact) mass is 291 g/mol. The highest BCUT2D eigenvalue weighted by molar-refractivity contribution is 6.69. The van der Waals surface area contributed by atoms with E-state index < -0.39 is 20.2 Å². The van der Waals surface area contributed by atoms with Gasteiger partial charge in [0.1, 0.15) is 0 Å². The number of rotatable bonds is 4. The van der Waals surface area contributed by atoms with Gasteiger partial charge in [-0.1, -0.05) is 30.3 Å². The summed E-state index contributed by atoms with van der Waals surface area (Å²) < 4.78 is 46.7. The smallest absolute Gasteiger partial charge is 0.389 e. The summed E-state index contributed by atoms with van der Waals surface area (Å²) in [5.74, 6) is 0. The molecule has 0 heterocycles. The Morgan fingerprint density at radius 1 is 1.00 bits per heavy atom. The first kappa shape index (κ1) is 16.2. The maximum absolute atomic E-state index is 13.7. The lowest BCUT2D eigenvalue weighted by molar-refractivity contribution is -0.307. The maximum Gasteiger partial charge on any atom is 0.435 e. The molecule has 0 aliphatic rings. The van der Waals surface area contributed by atoms with Crippen LogP contribution in [0.2, 0.25) is 19.6 Å². The van der Waals surface area contributed by atoms with Gasteiger partial charge in [-0.15, -0.1) is 0 Å². The summed E-state index contributed by atoms with van der Waals surface area (Å²) in [4.78, 5) is 1.10. The fraction of sp³-hybridized carbons (Fsp3) is 0.538. The van der Waals surface area contributed by atoms with Crippen molar-refractivity contribution in [3.8, 4) is 0 Å². The lowest BCUT2D eigenvalue weighted by atomic mass is 10.0. The minimum absolute atomic E-state index is 0.106. The molecule has 0 aliphatic heterocycles. The molecule has 1 atom stereocenters. The molecule has 2 nitrogen and oxygen atoms in total. The van der Waals surface area contributed by atoms with Gasteiger partial charge in [0, 0.05) is 5.56 Å². The first-order valence-electron chi connectivity index (χ1n) is 6.00. The van der Waals surface area contributed by atoms with E-state index in [9.17, 15) is 13.2 Å². The van der Waals surface area contributed by atoms with Crippen molar-refractivity contribution >= 4 is 8.32 Å². The van der Waals surface area contributed by atoms with E-state index in [0.717, 1.165) is 4.90 Å². The molecule has 0 fully saturated rings. The molecule has 1 unspecified atom stereocenters. The highest BCUT2D eigenvalue weighted by atomic mass is 28.4. The Morgan fingerprint density at radius 3 is 1.79 bits per heavy atom. The van der Waals surface area contributed by atoms with Crippen molar-refractivity contribution in [2.24, 2.45) is 0 Å². The second kappa shape index (κ2) is 5.26. The average Bonchev–Trinajstić information content (AvgIpc) is 2.23. The molecule has 19 heavy (non-hydrogen) atoms. The number of nitrogens with zero attached hydrogens (tertiary/aromatic N) is 1. The van der Waals surface area contributed by atoms with E-state index in [1.165, 1.54) is 26.2 Å². The number of halogens is 3. The maximum atomic E-state index is 13.7. The molecule has 0 aromatic heterocycles. The van der Waals surface area contributed by atoms with Crippen molar-refractivity contribution < 1.29 is 17.6 Å². The highest BCUT2D eigenvalue weighted by Gasteiger charge is 2.60. The van der Waals surface area contributed by atoms with E-state index >= 15 is 0 Å². The number of hydrogen-bond acceptors (Lipinski definition) is 2. The molecule has 1 aromatic rings. The second-order valence-corrected chi connectivity index (χ2v) is 10.0. The van der Waals surface area contributed by atoms with E-state index in [1.54, 1.807) is 37.8 Å². The lowest BCUT2D eigenvalue weighted by Gasteiger charge is -2.45. The van der Waals surface area contributed by atoms with Crippen LogP contribution in [-0.4, -0.2) is 33.5 Å². The number of benzene rings is 1. The Kier molecular flexibility index (Phi) is 4.49.